The number of benzene rings is 24. The predicted octanol–water partition coefficient (Wildman–Crippen LogP) is 38.1. The summed E-state index contributed by atoms with van der Waals surface area (Å²) in [5.74, 6) is 0. The van der Waals surface area contributed by atoms with Crippen LogP contribution in [0.25, 0.3) is 188 Å². The fourth-order valence-corrected chi connectivity index (χ4v) is 26.5. The molecule has 4 heterocycles. The summed E-state index contributed by atoms with van der Waals surface area (Å²) in [6.07, 6.45) is 0. The monoisotopic (exact) mass is 1890 g/mol. The van der Waals surface area contributed by atoms with Crippen molar-refractivity contribution in [2.24, 2.45) is 0 Å². The van der Waals surface area contributed by atoms with Crippen molar-refractivity contribution in [2.45, 2.75) is 30.1 Å². The molecule has 31 rings (SSSR count). The smallest absolute Gasteiger partial charge is 0.0754 e. The van der Waals surface area contributed by atoms with Crippen molar-refractivity contribution in [2.75, 3.05) is 9.80 Å². The van der Waals surface area contributed by atoms with Gasteiger partial charge in [0.25, 0.3) is 0 Å². The topological polar surface area (TPSA) is 16.3 Å². The van der Waals surface area contributed by atoms with Crippen LogP contribution < -0.4 is 9.80 Å². The maximum absolute atomic E-state index is 2.52. The summed E-state index contributed by atoms with van der Waals surface area (Å²) in [6.45, 7) is 4.74. The van der Waals surface area contributed by atoms with Crippen LogP contribution in [0.3, 0.4) is 0 Å². The highest BCUT2D eigenvalue weighted by Gasteiger charge is 2.53. The number of fused-ring (bicyclic) bond motifs is 29. The highest BCUT2D eigenvalue weighted by Crippen LogP contribution is 2.65. The van der Waals surface area contributed by atoms with E-state index in [1.54, 1.807) is 0 Å². The van der Waals surface area contributed by atoms with Crippen molar-refractivity contribution in [1.82, 2.24) is 9.13 Å². The lowest BCUT2D eigenvalue weighted by Gasteiger charge is -2.39. The molecule has 5 aliphatic rings. The Kier molecular flexibility index (Phi) is 19.3. The number of nitrogens with zero attached hydrogens (tertiary/aromatic N) is 4. The second-order valence-corrected chi connectivity index (χ2v) is 41.2. The molecule has 2 atom stereocenters. The molecule has 3 aliphatic carbocycles. The minimum absolute atomic E-state index is 0.145. The Balaban J connectivity index is 0.000000137. The molecule has 0 radical (unpaired) electrons. The molecule has 2 unspecified atom stereocenters. The fraction of sp³-hybridized carbons (Fsp3) is 0.0345. The van der Waals surface area contributed by atoms with Gasteiger partial charge in [0.15, 0.2) is 0 Å². The van der Waals surface area contributed by atoms with Crippen LogP contribution >= 0.6 is 0 Å². The summed E-state index contributed by atoms with van der Waals surface area (Å²) in [5.41, 5.74) is 51.0. The number of para-hydroxylation sites is 8. The average molecular weight is 1890 g/mol. The van der Waals surface area contributed by atoms with E-state index in [-0.39, 0.29) is 5.41 Å². The van der Waals surface area contributed by atoms with Gasteiger partial charge in [-0.1, -0.05) is 451 Å². The van der Waals surface area contributed by atoms with Crippen molar-refractivity contribution >= 4 is 99.3 Å². The third-order valence-electron chi connectivity index (χ3n) is 33.1. The van der Waals surface area contributed by atoms with E-state index in [9.17, 15) is 0 Å². The Bertz CT molecular complexity index is 10000. The molecule has 24 aromatic carbocycles. The SMILES string of the molecule is CC1(C)c2ccccc2-c2ccc(N(c3ccc4cc(-c5ccc6c(c5)C5(c7ccccc7-6)c6ccccc6-n6c7ccccc7c7cccc5c76)ccc4c3)c3ccccc3-c3ccc(-c4ccccc4)cc3)cc21.c1ccc(-c2ccc(-c3ccccc3N(c3cccc(-c4ccccc4)c3)c3ccc4cc(-c5ccc6c(c5)C5(c7ccccc7-6)c6ccccc6-n6c7ccccc7c7cccc5c76)ccc4c3)cc2)cc1. The number of hydrogen-bond acceptors (Lipinski definition) is 2. The van der Waals surface area contributed by atoms with Gasteiger partial charge in [0.2, 0.25) is 0 Å². The number of aromatic nitrogens is 2. The molecule has 2 aliphatic heterocycles. The standard InChI is InChI=1S/C74H50N2.C71H46N2/c1-73(2)63-24-10-6-20-57(63)59-42-40-55(46-67(59)73)75(69-28-13-8-19-56(69)49-33-31-48(32-34-49)47-17-4-3-5-18-47)54-39-37-51-43-50(35-36-52(51)44-54)53-38-41-60-58-21-7-11-25-64(58)74(68(60)45-53)65-26-12-15-30-71(65)76-70-29-14-9-22-61(70)62-23-16-27-66(74)72(62)76;1-3-17-47(18-4-1)49-33-35-50(36-34-49)58-23-8-12-30-67(58)72(56-22-15-21-51(44-56)48-19-5-2-6-20-48)57-41-39-53-43-52(37-38-54(53)45-57)55-40-42-60-59-24-7-10-27-63(59)71(66(60)46-55)64-28-11-14-32-69(64)73-68-31-13-9-25-61(68)62-26-16-29-65(71)70(62)73/h3-46H,1-2H3;1-46H. The molecular weight excluding hydrogens is 1800 g/mol. The van der Waals surface area contributed by atoms with Gasteiger partial charge < -0.3 is 18.9 Å². The number of rotatable bonds is 13. The van der Waals surface area contributed by atoms with Crippen molar-refractivity contribution in [3.8, 4) is 123 Å². The first-order valence-electron chi connectivity index (χ1n) is 52.0. The second kappa shape index (κ2) is 33.5. The average Bonchev–Trinajstić information content (AvgIpc) is 1.50. The van der Waals surface area contributed by atoms with Crippen LogP contribution in [0, 0.1) is 0 Å². The maximum atomic E-state index is 2.52. The molecule has 149 heavy (non-hydrogen) atoms. The molecule has 0 saturated heterocycles. The van der Waals surface area contributed by atoms with Crippen LogP contribution in [-0.4, -0.2) is 9.13 Å². The van der Waals surface area contributed by atoms with Crippen LogP contribution in [0.1, 0.15) is 69.5 Å². The van der Waals surface area contributed by atoms with Crippen molar-refractivity contribution in [3.63, 3.8) is 0 Å². The molecule has 0 saturated carbocycles. The number of hydrogen-bond donors (Lipinski definition) is 0. The van der Waals surface area contributed by atoms with Gasteiger partial charge in [-0.25, -0.2) is 0 Å². The van der Waals surface area contributed by atoms with Crippen LogP contribution in [0.2, 0.25) is 0 Å². The molecule has 26 aromatic rings. The van der Waals surface area contributed by atoms with E-state index in [1.165, 1.54) is 238 Å². The van der Waals surface area contributed by atoms with E-state index in [0.717, 1.165) is 39.7 Å². The predicted molar refractivity (Wildman–Crippen MR) is 623 cm³/mol. The summed E-state index contributed by atoms with van der Waals surface area (Å²) in [6, 6.07) is 203. The molecule has 0 fully saturated rings. The summed E-state index contributed by atoms with van der Waals surface area (Å²) < 4.78 is 5.04. The number of anilines is 6. The van der Waals surface area contributed by atoms with Gasteiger partial charge in [0.1, 0.15) is 0 Å². The minimum Gasteiger partial charge on any atom is -0.310 e. The third kappa shape index (κ3) is 12.9. The zero-order chi connectivity index (χ0) is 98.3. The fourth-order valence-electron chi connectivity index (χ4n) is 26.5. The van der Waals surface area contributed by atoms with E-state index in [4.69, 9.17) is 0 Å². The first-order chi connectivity index (χ1) is 73.6. The first kappa shape index (κ1) is 85.6. The highest BCUT2D eigenvalue weighted by atomic mass is 15.2. The Morgan fingerprint density at radius 1 is 0.161 bits per heavy atom. The van der Waals surface area contributed by atoms with Gasteiger partial charge >= 0.3 is 0 Å². The van der Waals surface area contributed by atoms with E-state index in [2.05, 4.69) is 579 Å². The maximum Gasteiger partial charge on any atom is 0.0754 e. The van der Waals surface area contributed by atoms with Crippen LogP contribution in [0.5, 0.6) is 0 Å². The lowest BCUT2D eigenvalue weighted by atomic mass is 9.65. The lowest BCUT2D eigenvalue weighted by molar-refractivity contribution is 0.660. The minimum atomic E-state index is -0.507. The van der Waals surface area contributed by atoms with Crippen molar-refractivity contribution < 1.29 is 0 Å². The van der Waals surface area contributed by atoms with Gasteiger partial charge in [-0.05, 0) is 287 Å². The molecule has 2 aromatic heterocycles. The first-order valence-corrected chi connectivity index (χ1v) is 52.0. The molecule has 0 bridgehead atoms. The van der Waals surface area contributed by atoms with E-state index in [0.29, 0.717) is 0 Å². The second-order valence-electron chi connectivity index (χ2n) is 41.2. The Hall–Kier alpha value is -19.0. The molecule has 4 heteroatoms. The summed E-state index contributed by atoms with van der Waals surface area (Å²) >= 11 is 0. The zero-order valence-electron chi connectivity index (χ0n) is 82.3. The summed E-state index contributed by atoms with van der Waals surface area (Å²) in [7, 11) is 0. The molecule has 0 amide bonds. The third-order valence-corrected chi connectivity index (χ3v) is 33.1. The Morgan fingerprint density at radius 3 is 0.933 bits per heavy atom. The van der Waals surface area contributed by atoms with Crippen LogP contribution in [-0.2, 0) is 16.2 Å². The quantitative estimate of drug-likeness (QED) is 0.114. The van der Waals surface area contributed by atoms with Crippen LogP contribution in [0.15, 0.2) is 546 Å². The van der Waals surface area contributed by atoms with Gasteiger partial charge in [0.05, 0.1) is 55.6 Å². The van der Waals surface area contributed by atoms with Gasteiger partial charge in [-0.2, -0.15) is 0 Å². The van der Waals surface area contributed by atoms with Crippen LogP contribution in [0.4, 0.5) is 34.1 Å². The lowest BCUT2D eigenvalue weighted by Crippen LogP contribution is -2.33. The Labute approximate surface area is 866 Å². The molecule has 4 nitrogen and oxygen atoms in total. The van der Waals surface area contributed by atoms with Gasteiger partial charge in [-0.3, -0.25) is 0 Å². The van der Waals surface area contributed by atoms with E-state index in [1.807, 2.05) is 0 Å². The van der Waals surface area contributed by atoms with Gasteiger partial charge in [0, 0.05) is 60.8 Å². The molecular formula is C145H96N4. The van der Waals surface area contributed by atoms with Crippen molar-refractivity contribution in [1.29, 1.82) is 0 Å². The highest BCUT2D eigenvalue weighted by molar-refractivity contribution is 6.15. The van der Waals surface area contributed by atoms with E-state index < -0.39 is 10.8 Å². The zero-order valence-corrected chi connectivity index (χ0v) is 82.3. The van der Waals surface area contributed by atoms with Crippen molar-refractivity contribution in [3.05, 3.63) is 602 Å². The Morgan fingerprint density at radius 2 is 0.450 bits per heavy atom. The molecule has 696 valence electrons. The molecule has 0 N–H and O–H groups in total. The molecule has 2 spiro atoms. The normalized spacial score (nSPS) is 14.6. The largest absolute Gasteiger partial charge is 0.310 e. The summed E-state index contributed by atoms with van der Waals surface area (Å²) in [4.78, 5) is 4.91. The summed E-state index contributed by atoms with van der Waals surface area (Å²) in [5, 5.41) is 9.93. The van der Waals surface area contributed by atoms with Gasteiger partial charge in [-0.15, -0.1) is 0 Å². The van der Waals surface area contributed by atoms with E-state index >= 15 is 0 Å².